The minimum absolute atomic E-state index is 0.1000. The van der Waals surface area contributed by atoms with Crippen molar-refractivity contribution in [1.82, 2.24) is 10.2 Å². The predicted molar refractivity (Wildman–Crippen MR) is 165 cm³/mol. The number of sulfonamides is 1. The molecular formula is C30H35BrClN3O4S. The van der Waals surface area contributed by atoms with Crippen molar-refractivity contribution in [3.8, 4) is 0 Å². The van der Waals surface area contributed by atoms with Crippen molar-refractivity contribution in [1.29, 1.82) is 0 Å². The van der Waals surface area contributed by atoms with E-state index in [-0.39, 0.29) is 24.9 Å². The summed E-state index contributed by atoms with van der Waals surface area (Å²) in [7, 11) is -3.87. The molecule has 0 bridgehead atoms. The van der Waals surface area contributed by atoms with E-state index >= 15 is 0 Å². The standard InChI is InChI=1S/C30H35BrClN3O4S/c1-5-22(3)33-30(37)28(17-23-9-7-6-8-10-23)34(19-24-12-14-25(31)15-13-24)29(36)20-35(40(4,38)39)27-18-26(32)16-11-21(27)2/h6-16,18,22,28H,5,17,19-20H2,1-4H3,(H,33,37). The molecule has 0 fully saturated rings. The largest absolute Gasteiger partial charge is 0.352 e. The number of rotatable bonds is 12. The number of benzene rings is 3. The Morgan fingerprint density at radius 3 is 2.25 bits per heavy atom. The summed E-state index contributed by atoms with van der Waals surface area (Å²) in [5.74, 6) is -0.804. The molecule has 0 aliphatic carbocycles. The third kappa shape index (κ3) is 8.81. The lowest BCUT2D eigenvalue weighted by Gasteiger charge is -2.34. The second-order valence-electron chi connectivity index (χ2n) is 9.87. The minimum Gasteiger partial charge on any atom is -0.352 e. The first-order valence-corrected chi connectivity index (χ1v) is 16.0. The number of hydrogen-bond acceptors (Lipinski definition) is 4. The first-order valence-electron chi connectivity index (χ1n) is 13.0. The molecular weight excluding hydrogens is 614 g/mol. The first kappa shape index (κ1) is 31.6. The van der Waals surface area contributed by atoms with Crippen LogP contribution in [0.15, 0.2) is 77.3 Å². The minimum atomic E-state index is -3.87. The van der Waals surface area contributed by atoms with Crippen LogP contribution in [-0.4, -0.2) is 50.0 Å². The highest BCUT2D eigenvalue weighted by atomic mass is 79.9. The summed E-state index contributed by atoms with van der Waals surface area (Å²) in [5, 5.41) is 3.37. The summed E-state index contributed by atoms with van der Waals surface area (Å²) < 4.78 is 27.8. The Labute approximate surface area is 250 Å². The molecule has 0 heterocycles. The van der Waals surface area contributed by atoms with Crippen LogP contribution in [0, 0.1) is 6.92 Å². The van der Waals surface area contributed by atoms with Gasteiger partial charge in [-0.2, -0.15) is 0 Å². The summed E-state index contributed by atoms with van der Waals surface area (Å²) in [6, 6.07) is 20.8. The van der Waals surface area contributed by atoms with Gasteiger partial charge in [0.25, 0.3) is 0 Å². The number of nitrogens with one attached hydrogen (secondary N) is 1. The second kappa shape index (κ2) is 14.1. The molecule has 214 valence electrons. The topological polar surface area (TPSA) is 86.8 Å². The Kier molecular flexibility index (Phi) is 11.2. The summed E-state index contributed by atoms with van der Waals surface area (Å²) in [4.78, 5) is 29.3. The van der Waals surface area contributed by atoms with E-state index in [1.54, 1.807) is 19.1 Å². The van der Waals surface area contributed by atoms with Crippen molar-refractivity contribution in [2.24, 2.45) is 0 Å². The fourth-order valence-electron chi connectivity index (χ4n) is 4.23. The lowest BCUT2D eigenvalue weighted by atomic mass is 10.0. The van der Waals surface area contributed by atoms with E-state index in [2.05, 4.69) is 21.2 Å². The van der Waals surface area contributed by atoms with Gasteiger partial charge in [0.15, 0.2) is 0 Å². The SMILES string of the molecule is CCC(C)NC(=O)C(Cc1ccccc1)N(Cc1ccc(Br)cc1)C(=O)CN(c1cc(Cl)ccc1C)S(C)(=O)=O. The number of hydrogen-bond donors (Lipinski definition) is 1. The number of anilines is 1. The van der Waals surface area contributed by atoms with E-state index in [9.17, 15) is 18.0 Å². The third-order valence-electron chi connectivity index (χ3n) is 6.66. The van der Waals surface area contributed by atoms with Crippen LogP contribution >= 0.6 is 27.5 Å². The lowest BCUT2D eigenvalue weighted by Crippen LogP contribution is -2.54. The molecule has 40 heavy (non-hydrogen) atoms. The van der Waals surface area contributed by atoms with Crippen LogP contribution in [-0.2, 0) is 32.6 Å². The quantitative estimate of drug-likeness (QED) is 0.272. The lowest BCUT2D eigenvalue weighted by molar-refractivity contribution is -0.140. The maximum absolute atomic E-state index is 14.1. The summed E-state index contributed by atoms with van der Waals surface area (Å²) >= 11 is 9.64. The molecule has 3 aromatic rings. The maximum Gasteiger partial charge on any atom is 0.244 e. The van der Waals surface area contributed by atoms with Crippen LogP contribution in [0.5, 0.6) is 0 Å². The monoisotopic (exact) mass is 647 g/mol. The first-order chi connectivity index (χ1) is 18.9. The number of amides is 2. The molecule has 0 saturated heterocycles. The fourth-order valence-corrected chi connectivity index (χ4v) is 5.56. The summed E-state index contributed by atoms with van der Waals surface area (Å²) in [5.41, 5.74) is 2.65. The van der Waals surface area contributed by atoms with Gasteiger partial charge in [0.1, 0.15) is 12.6 Å². The Morgan fingerprint density at radius 2 is 1.65 bits per heavy atom. The molecule has 10 heteroatoms. The smallest absolute Gasteiger partial charge is 0.244 e. The highest BCUT2D eigenvalue weighted by Crippen LogP contribution is 2.27. The Bertz CT molecular complexity index is 1420. The van der Waals surface area contributed by atoms with Crippen molar-refractivity contribution < 1.29 is 18.0 Å². The average Bonchev–Trinajstić information content (AvgIpc) is 2.91. The van der Waals surface area contributed by atoms with Crippen molar-refractivity contribution in [3.05, 3.63) is 99.0 Å². The molecule has 0 saturated carbocycles. The number of carbonyl (C=O) groups excluding carboxylic acids is 2. The number of nitrogens with zero attached hydrogens (tertiary/aromatic N) is 2. The van der Waals surface area contributed by atoms with E-state index in [1.165, 1.54) is 11.0 Å². The number of halogens is 2. The number of carbonyl (C=O) groups is 2. The second-order valence-corrected chi connectivity index (χ2v) is 13.1. The third-order valence-corrected chi connectivity index (χ3v) is 8.55. The fraction of sp³-hybridized carbons (Fsp3) is 0.333. The van der Waals surface area contributed by atoms with Gasteiger partial charge in [0.05, 0.1) is 11.9 Å². The van der Waals surface area contributed by atoms with Gasteiger partial charge in [-0.15, -0.1) is 0 Å². The van der Waals surface area contributed by atoms with Gasteiger partial charge in [-0.1, -0.05) is 83.0 Å². The predicted octanol–water partition coefficient (Wildman–Crippen LogP) is 5.73. The molecule has 2 unspecified atom stereocenters. The molecule has 2 amide bonds. The van der Waals surface area contributed by atoms with E-state index in [0.717, 1.165) is 32.6 Å². The van der Waals surface area contributed by atoms with Gasteiger partial charge in [0.2, 0.25) is 21.8 Å². The molecule has 1 N–H and O–H groups in total. The van der Waals surface area contributed by atoms with Gasteiger partial charge in [0, 0.05) is 28.5 Å². The van der Waals surface area contributed by atoms with Crippen LogP contribution in [0.1, 0.15) is 37.0 Å². The zero-order valence-electron chi connectivity index (χ0n) is 23.1. The van der Waals surface area contributed by atoms with Gasteiger partial charge >= 0.3 is 0 Å². The van der Waals surface area contributed by atoms with Crippen LogP contribution in [0.2, 0.25) is 5.02 Å². The molecule has 7 nitrogen and oxygen atoms in total. The summed E-state index contributed by atoms with van der Waals surface area (Å²) in [6.07, 6.45) is 2.04. The van der Waals surface area contributed by atoms with Gasteiger partial charge in [-0.25, -0.2) is 8.42 Å². The van der Waals surface area contributed by atoms with Crippen LogP contribution in [0.25, 0.3) is 0 Å². The molecule has 3 aromatic carbocycles. The maximum atomic E-state index is 14.1. The molecule has 0 aromatic heterocycles. The Hall–Kier alpha value is -2.88. The van der Waals surface area contributed by atoms with Crippen LogP contribution in [0.4, 0.5) is 5.69 Å². The van der Waals surface area contributed by atoms with Crippen molar-refractivity contribution >= 4 is 55.1 Å². The van der Waals surface area contributed by atoms with Gasteiger partial charge in [-0.3, -0.25) is 13.9 Å². The molecule has 0 aliphatic rings. The van der Waals surface area contributed by atoms with Crippen LogP contribution < -0.4 is 9.62 Å². The highest BCUT2D eigenvalue weighted by Gasteiger charge is 2.33. The normalized spacial score (nSPS) is 12.8. The van der Waals surface area contributed by atoms with Crippen molar-refractivity contribution in [2.75, 3.05) is 17.1 Å². The Morgan fingerprint density at radius 1 is 1.00 bits per heavy atom. The van der Waals surface area contributed by atoms with Gasteiger partial charge in [-0.05, 0) is 61.2 Å². The van der Waals surface area contributed by atoms with Crippen LogP contribution in [0.3, 0.4) is 0 Å². The van der Waals surface area contributed by atoms with E-state index in [0.29, 0.717) is 16.3 Å². The van der Waals surface area contributed by atoms with E-state index in [1.807, 2.05) is 68.4 Å². The number of aryl methyl sites for hydroxylation is 1. The molecule has 0 spiro atoms. The molecule has 0 radical (unpaired) electrons. The van der Waals surface area contributed by atoms with Crippen molar-refractivity contribution in [3.63, 3.8) is 0 Å². The molecule has 3 rings (SSSR count). The molecule has 2 atom stereocenters. The summed E-state index contributed by atoms with van der Waals surface area (Å²) in [6.45, 7) is 5.26. The zero-order chi connectivity index (χ0) is 29.4. The van der Waals surface area contributed by atoms with Crippen molar-refractivity contribution in [2.45, 2.75) is 52.2 Å². The van der Waals surface area contributed by atoms with E-state index in [4.69, 9.17) is 11.6 Å². The highest BCUT2D eigenvalue weighted by molar-refractivity contribution is 9.10. The van der Waals surface area contributed by atoms with Gasteiger partial charge < -0.3 is 10.2 Å². The Balaban J connectivity index is 2.08. The average molecular weight is 649 g/mol. The van der Waals surface area contributed by atoms with E-state index < -0.39 is 28.5 Å². The zero-order valence-corrected chi connectivity index (χ0v) is 26.3. The molecule has 0 aliphatic heterocycles.